The first kappa shape index (κ1) is 14.4. The second-order valence-electron chi connectivity index (χ2n) is 4.74. The molecule has 4 heteroatoms. The molecule has 2 aromatic rings. The van der Waals surface area contributed by atoms with Crippen molar-refractivity contribution >= 4 is 5.69 Å². The van der Waals surface area contributed by atoms with Crippen LogP contribution in [0.5, 0.6) is 0 Å². The highest BCUT2D eigenvalue weighted by Crippen LogP contribution is 2.29. The molecule has 0 aliphatic rings. The number of hydrogen-bond donors (Lipinski definition) is 1. The minimum Gasteiger partial charge on any atom is -0.385 e. The largest absolute Gasteiger partial charge is 0.416 e. The summed E-state index contributed by atoms with van der Waals surface area (Å²) in [5.41, 5.74) is 2.49. The van der Waals surface area contributed by atoms with Gasteiger partial charge in [-0.25, -0.2) is 0 Å². The zero-order valence-corrected chi connectivity index (χ0v) is 11.2. The Balaban J connectivity index is 1.88. The van der Waals surface area contributed by atoms with Crippen molar-refractivity contribution in [2.45, 2.75) is 19.5 Å². The summed E-state index contributed by atoms with van der Waals surface area (Å²) < 4.78 is 37.2. The van der Waals surface area contributed by atoms with Gasteiger partial charge in [-0.1, -0.05) is 29.8 Å². The molecule has 0 aromatic heterocycles. The predicted molar refractivity (Wildman–Crippen MR) is 74.8 cm³/mol. The van der Waals surface area contributed by atoms with Gasteiger partial charge in [-0.05, 0) is 43.2 Å². The van der Waals surface area contributed by atoms with Gasteiger partial charge in [0.05, 0.1) is 5.56 Å². The second-order valence-corrected chi connectivity index (χ2v) is 4.74. The lowest BCUT2D eigenvalue weighted by molar-refractivity contribution is -0.137. The fourth-order valence-corrected chi connectivity index (χ4v) is 2.00. The molecule has 0 spiro atoms. The van der Waals surface area contributed by atoms with Crippen LogP contribution in [-0.2, 0) is 12.6 Å². The fraction of sp³-hybridized carbons (Fsp3) is 0.250. The molecule has 0 unspecified atom stereocenters. The Bertz CT molecular complexity index is 559. The van der Waals surface area contributed by atoms with E-state index in [4.69, 9.17) is 0 Å². The summed E-state index contributed by atoms with van der Waals surface area (Å²) in [4.78, 5) is 0. The molecule has 106 valence electrons. The first-order valence-corrected chi connectivity index (χ1v) is 6.42. The van der Waals surface area contributed by atoms with Crippen molar-refractivity contribution in [1.29, 1.82) is 0 Å². The lowest BCUT2D eigenvalue weighted by Crippen LogP contribution is -2.07. The summed E-state index contributed by atoms with van der Waals surface area (Å²) >= 11 is 0. The van der Waals surface area contributed by atoms with Crippen LogP contribution in [0.1, 0.15) is 16.7 Å². The van der Waals surface area contributed by atoms with Gasteiger partial charge in [-0.3, -0.25) is 0 Å². The Labute approximate surface area is 116 Å². The van der Waals surface area contributed by atoms with Crippen LogP contribution in [0, 0.1) is 6.92 Å². The van der Waals surface area contributed by atoms with Crippen LogP contribution in [0.2, 0.25) is 0 Å². The maximum Gasteiger partial charge on any atom is 0.416 e. The summed E-state index contributed by atoms with van der Waals surface area (Å²) in [5.74, 6) is 0. The van der Waals surface area contributed by atoms with E-state index in [0.29, 0.717) is 12.2 Å². The first-order chi connectivity index (χ1) is 9.45. The minimum atomic E-state index is -4.28. The van der Waals surface area contributed by atoms with E-state index in [9.17, 15) is 13.2 Å². The Morgan fingerprint density at radius 2 is 1.70 bits per heavy atom. The molecule has 0 aliphatic carbocycles. The third-order valence-corrected chi connectivity index (χ3v) is 3.04. The fourth-order valence-electron chi connectivity index (χ4n) is 2.00. The standard InChI is InChI=1S/C16H16F3N/c1-12-3-2-4-13(11-12)9-10-20-15-7-5-14(6-8-15)16(17,18)19/h2-8,11,20H,9-10H2,1H3. The van der Waals surface area contributed by atoms with E-state index in [1.807, 2.05) is 25.1 Å². The van der Waals surface area contributed by atoms with Gasteiger partial charge in [-0.2, -0.15) is 13.2 Å². The molecule has 0 aliphatic heterocycles. The number of benzene rings is 2. The second kappa shape index (κ2) is 5.99. The van der Waals surface area contributed by atoms with E-state index in [1.54, 1.807) is 0 Å². The minimum absolute atomic E-state index is 0.623. The average Bonchev–Trinajstić information content (AvgIpc) is 2.38. The third-order valence-electron chi connectivity index (χ3n) is 3.04. The lowest BCUT2D eigenvalue weighted by Gasteiger charge is -2.09. The van der Waals surface area contributed by atoms with Crippen LogP contribution >= 0.6 is 0 Å². The van der Waals surface area contributed by atoms with Gasteiger partial charge < -0.3 is 5.32 Å². The van der Waals surface area contributed by atoms with Crippen molar-refractivity contribution in [3.8, 4) is 0 Å². The number of alkyl halides is 3. The molecular weight excluding hydrogens is 263 g/mol. The van der Waals surface area contributed by atoms with E-state index < -0.39 is 11.7 Å². The van der Waals surface area contributed by atoms with Gasteiger partial charge >= 0.3 is 6.18 Å². The normalized spacial score (nSPS) is 11.4. The Morgan fingerprint density at radius 1 is 1.00 bits per heavy atom. The topological polar surface area (TPSA) is 12.0 Å². The highest BCUT2D eigenvalue weighted by atomic mass is 19.4. The zero-order chi connectivity index (χ0) is 14.6. The van der Waals surface area contributed by atoms with Gasteiger partial charge in [0.15, 0.2) is 0 Å². The number of aryl methyl sites for hydroxylation is 1. The smallest absolute Gasteiger partial charge is 0.385 e. The van der Waals surface area contributed by atoms with Crippen molar-refractivity contribution in [2.24, 2.45) is 0 Å². The molecule has 0 fully saturated rings. The summed E-state index contributed by atoms with van der Waals surface area (Å²) in [5, 5.41) is 3.12. The van der Waals surface area contributed by atoms with E-state index in [-0.39, 0.29) is 0 Å². The Hall–Kier alpha value is -1.97. The molecule has 20 heavy (non-hydrogen) atoms. The molecule has 2 rings (SSSR count). The highest BCUT2D eigenvalue weighted by molar-refractivity contribution is 5.45. The van der Waals surface area contributed by atoms with Gasteiger partial charge in [0.2, 0.25) is 0 Å². The Morgan fingerprint density at radius 3 is 2.30 bits per heavy atom. The number of nitrogens with one attached hydrogen (secondary N) is 1. The van der Waals surface area contributed by atoms with Crippen molar-refractivity contribution in [3.63, 3.8) is 0 Å². The molecular formula is C16H16F3N. The summed E-state index contributed by atoms with van der Waals surface area (Å²) in [7, 11) is 0. The van der Waals surface area contributed by atoms with Gasteiger partial charge in [0.25, 0.3) is 0 Å². The Kier molecular flexibility index (Phi) is 4.32. The van der Waals surface area contributed by atoms with E-state index in [2.05, 4.69) is 11.4 Å². The SMILES string of the molecule is Cc1cccc(CCNc2ccc(C(F)(F)F)cc2)c1. The van der Waals surface area contributed by atoms with Gasteiger partial charge in [0.1, 0.15) is 0 Å². The van der Waals surface area contributed by atoms with Crippen LogP contribution in [0.25, 0.3) is 0 Å². The molecule has 1 nitrogen and oxygen atoms in total. The number of rotatable bonds is 4. The summed E-state index contributed by atoms with van der Waals surface area (Å²) in [6.07, 6.45) is -3.44. The van der Waals surface area contributed by atoms with E-state index in [0.717, 1.165) is 18.6 Å². The van der Waals surface area contributed by atoms with Crippen LogP contribution in [0.3, 0.4) is 0 Å². The predicted octanol–water partition coefficient (Wildman–Crippen LogP) is 4.67. The van der Waals surface area contributed by atoms with E-state index >= 15 is 0 Å². The zero-order valence-electron chi connectivity index (χ0n) is 11.2. The molecule has 0 bridgehead atoms. The molecule has 0 saturated heterocycles. The third kappa shape index (κ3) is 4.02. The van der Waals surface area contributed by atoms with Crippen molar-refractivity contribution in [1.82, 2.24) is 0 Å². The molecule has 0 amide bonds. The van der Waals surface area contributed by atoms with Crippen molar-refractivity contribution in [3.05, 3.63) is 65.2 Å². The number of anilines is 1. The first-order valence-electron chi connectivity index (χ1n) is 6.42. The van der Waals surface area contributed by atoms with Crippen molar-refractivity contribution < 1.29 is 13.2 Å². The molecule has 0 atom stereocenters. The van der Waals surface area contributed by atoms with Crippen LogP contribution in [-0.4, -0.2) is 6.54 Å². The molecule has 1 N–H and O–H groups in total. The molecule has 0 radical (unpaired) electrons. The van der Waals surface area contributed by atoms with Crippen LogP contribution in [0.4, 0.5) is 18.9 Å². The quantitative estimate of drug-likeness (QED) is 0.857. The van der Waals surface area contributed by atoms with Gasteiger partial charge in [-0.15, -0.1) is 0 Å². The summed E-state index contributed by atoms with van der Waals surface area (Å²) in [6, 6.07) is 13.3. The number of hydrogen-bond acceptors (Lipinski definition) is 1. The molecule has 0 heterocycles. The monoisotopic (exact) mass is 279 g/mol. The molecule has 0 saturated carbocycles. The lowest BCUT2D eigenvalue weighted by atomic mass is 10.1. The maximum atomic E-state index is 12.4. The van der Waals surface area contributed by atoms with Crippen LogP contribution in [0.15, 0.2) is 48.5 Å². The number of halogens is 3. The highest BCUT2D eigenvalue weighted by Gasteiger charge is 2.29. The van der Waals surface area contributed by atoms with Crippen molar-refractivity contribution in [2.75, 3.05) is 11.9 Å². The molecule has 2 aromatic carbocycles. The maximum absolute atomic E-state index is 12.4. The van der Waals surface area contributed by atoms with Crippen LogP contribution < -0.4 is 5.32 Å². The average molecular weight is 279 g/mol. The van der Waals surface area contributed by atoms with E-state index in [1.165, 1.54) is 23.3 Å². The summed E-state index contributed by atoms with van der Waals surface area (Å²) in [6.45, 7) is 2.72. The van der Waals surface area contributed by atoms with Gasteiger partial charge in [0, 0.05) is 12.2 Å².